The Kier molecular flexibility index (Phi) is 3.36. The highest BCUT2D eigenvalue weighted by Gasteiger charge is 2.09. The summed E-state index contributed by atoms with van der Waals surface area (Å²) < 4.78 is 0. The van der Waals surface area contributed by atoms with Crippen LogP contribution in [0.2, 0.25) is 0 Å². The van der Waals surface area contributed by atoms with Crippen LogP contribution in [0.1, 0.15) is 11.1 Å². The predicted molar refractivity (Wildman–Crippen MR) is 82.9 cm³/mol. The summed E-state index contributed by atoms with van der Waals surface area (Å²) in [7, 11) is 2.00. The number of thiophene rings is 1. The smallest absolute Gasteiger partial charge is 0.130 e. The van der Waals surface area contributed by atoms with E-state index in [1.54, 1.807) is 11.3 Å². The molecule has 98 valence electrons. The maximum absolute atomic E-state index is 9.30. The van der Waals surface area contributed by atoms with E-state index in [1.807, 2.05) is 37.4 Å². The number of benzene rings is 1. The van der Waals surface area contributed by atoms with E-state index in [-0.39, 0.29) is 0 Å². The van der Waals surface area contributed by atoms with Gasteiger partial charge in [-0.05, 0) is 34.5 Å². The Hall–Kier alpha value is -2.38. The summed E-state index contributed by atoms with van der Waals surface area (Å²) in [5, 5.41) is 14.4. The fourth-order valence-corrected chi connectivity index (χ4v) is 2.85. The second-order valence-corrected chi connectivity index (χ2v) is 5.42. The zero-order chi connectivity index (χ0) is 13.9. The minimum absolute atomic E-state index is 0.669. The lowest BCUT2D eigenvalue weighted by Gasteiger charge is -2.18. The van der Waals surface area contributed by atoms with Crippen LogP contribution in [0.4, 0.5) is 5.82 Å². The molecule has 3 aromatic rings. The first-order valence-electron chi connectivity index (χ1n) is 6.30. The monoisotopic (exact) mass is 279 g/mol. The van der Waals surface area contributed by atoms with E-state index in [0.29, 0.717) is 5.56 Å². The van der Waals surface area contributed by atoms with Crippen LogP contribution in [-0.2, 0) is 6.54 Å². The highest BCUT2D eigenvalue weighted by Crippen LogP contribution is 2.23. The van der Waals surface area contributed by atoms with Crippen molar-refractivity contribution >= 4 is 28.1 Å². The molecule has 2 aromatic heterocycles. The number of nitriles is 1. The van der Waals surface area contributed by atoms with E-state index >= 15 is 0 Å². The Morgan fingerprint density at radius 2 is 2.15 bits per heavy atom. The molecule has 0 amide bonds. The van der Waals surface area contributed by atoms with E-state index in [2.05, 4.69) is 32.8 Å². The highest BCUT2D eigenvalue weighted by atomic mass is 32.1. The van der Waals surface area contributed by atoms with E-state index in [4.69, 9.17) is 0 Å². The first-order valence-corrected chi connectivity index (χ1v) is 7.24. The molecule has 4 heteroatoms. The first-order chi connectivity index (χ1) is 9.78. The Labute approximate surface area is 121 Å². The van der Waals surface area contributed by atoms with Crippen molar-refractivity contribution in [2.24, 2.45) is 0 Å². The van der Waals surface area contributed by atoms with Crippen molar-refractivity contribution in [3.05, 3.63) is 58.3 Å². The molecule has 3 nitrogen and oxygen atoms in total. The van der Waals surface area contributed by atoms with E-state index in [9.17, 15) is 5.26 Å². The Balaban J connectivity index is 2.01. The second-order valence-electron chi connectivity index (χ2n) is 4.64. The molecule has 20 heavy (non-hydrogen) atoms. The number of anilines is 1. The molecule has 1 aromatic carbocycles. The molecule has 0 saturated carbocycles. The SMILES string of the molecule is CN(Cc1ccsc1)c1cc(C#N)c2ccccc2n1. The average Bonchev–Trinajstić information content (AvgIpc) is 2.99. The molecule has 0 aliphatic rings. The van der Waals surface area contributed by atoms with Gasteiger partial charge >= 0.3 is 0 Å². The highest BCUT2D eigenvalue weighted by molar-refractivity contribution is 7.07. The summed E-state index contributed by atoms with van der Waals surface area (Å²) in [6.45, 7) is 0.791. The van der Waals surface area contributed by atoms with Crippen molar-refractivity contribution < 1.29 is 0 Å². The third-order valence-electron chi connectivity index (χ3n) is 3.21. The lowest BCUT2D eigenvalue weighted by molar-refractivity contribution is 0.906. The summed E-state index contributed by atoms with van der Waals surface area (Å²) >= 11 is 1.69. The number of fused-ring (bicyclic) bond motifs is 1. The fourth-order valence-electron chi connectivity index (χ4n) is 2.19. The summed E-state index contributed by atoms with van der Waals surface area (Å²) in [5.41, 5.74) is 2.78. The van der Waals surface area contributed by atoms with E-state index in [1.165, 1.54) is 5.56 Å². The lowest BCUT2D eigenvalue weighted by Crippen LogP contribution is -2.17. The van der Waals surface area contributed by atoms with Crippen molar-refractivity contribution in [3.8, 4) is 6.07 Å². The number of hydrogen-bond donors (Lipinski definition) is 0. The van der Waals surface area contributed by atoms with Gasteiger partial charge in [0.25, 0.3) is 0 Å². The standard InChI is InChI=1S/C16H13N3S/c1-19(10-12-6-7-20-11-12)16-8-13(9-17)14-4-2-3-5-15(14)18-16/h2-8,11H,10H2,1H3. The number of aromatic nitrogens is 1. The van der Waals surface area contributed by atoms with Crippen molar-refractivity contribution in [1.82, 2.24) is 4.98 Å². The molecule has 0 atom stereocenters. The van der Waals surface area contributed by atoms with Gasteiger partial charge in [-0.1, -0.05) is 18.2 Å². The maximum Gasteiger partial charge on any atom is 0.130 e. The van der Waals surface area contributed by atoms with Crippen LogP contribution in [0.25, 0.3) is 10.9 Å². The molecule has 0 saturated heterocycles. The van der Waals surface area contributed by atoms with E-state index < -0.39 is 0 Å². The zero-order valence-electron chi connectivity index (χ0n) is 11.1. The van der Waals surface area contributed by atoms with Crippen LogP contribution >= 0.6 is 11.3 Å². The van der Waals surface area contributed by atoms with Gasteiger partial charge in [0.15, 0.2) is 0 Å². The topological polar surface area (TPSA) is 39.9 Å². The van der Waals surface area contributed by atoms with Gasteiger partial charge in [0.2, 0.25) is 0 Å². The van der Waals surface area contributed by atoms with Crippen molar-refractivity contribution in [1.29, 1.82) is 5.26 Å². The molecular weight excluding hydrogens is 266 g/mol. The van der Waals surface area contributed by atoms with Crippen LogP contribution in [0.3, 0.4) is 0 Å². The molecule has 2 heterocycles. The Morgan fingerprint density at radius 3 is 2.90 bits per heavy atom. The third kappa shape index (κ3) is 2.36. The van der Waals surface area contributed by atoms with Crippen LogP contribution in [0.5, 0.6) is 0 Å². The summed E-state index contributed by atoms with van der Waals surface area (Å²) in [4.78, 5) is 6.71. The normalized spacial score (nSPS) is 10.4. The Morgan fingerprint density at radius 1 is 1.30 bits per heavy atom. The van der Waals surface area contributed by atoms with Gasteiger partial charge < -0.3 is 4.90 Å². The van der Waals surface area contributed by atoms with Gasteiger partial charge in [0.1, 0.15) is 5.82 Å². The van der Waals surface area contributed by atoms with Gasteiger partial charge in [-0.15, -0.1) is 0 Å². The van der Waals surface area contributed by atoms with Crippen LogP contribution in [0, 0.1) is 11.3 Å². The first kappa shape index (κ1) is 12.6. The number of pyridine rings is 1. The van der Waals surface area contributed by atoms with Crippen LogP contribution in [0.15, 0.2) is 47.2 Å². The maximum atomic E-state index is 9.30. The zero-order valence-corrected chi connectivity index (χ0v) is 11.9. The fraction of sp³-hybridized carbons (Fsp3) is 0.125. The third-order valence-corrected chi connectivity index (χ3v) is 3.95. The quantitative estimate of drug-likeness (QED) is 0.732. The van der Waals surface area contributed by atoms with Crippen molar-refractivity contribution in [2.45, 2.75) is 6.54 Å². The number of para-hydroxylation sites is 1. The molecule has 0 bridgehead atoms. The molecule has 0 aliphatic heterocycles. The summed E-state index contributed by atoms with van der Waals surface area (Å²) in [6, 6.07) is 14.0. The molecule has 0 fully saturated rings. The molecule has 0 radical (unpaired) electrons. The molecular formula is C16H13N3S. The van der Waals surface area contributed by atoms with Gasteiger partial charge in [-0.3, -0.25) is 0 Å². The molecule has 0 unspecified atom stereocenters. The largest absolute Gasteiger partial charge is 0.355 e. The van der Waals surface area contributed by atoms with Crippen molar-refractivity contribution in [2.75, 3.05) is 11.9 Å². The second kappa shape index (κ2) is 5.32. The number of nitrogens with zero attached hydrogens (tertiary/aromatic N) is 3. The van der Waals surface area contributed by atoms with E-state index in [0.717, 1.165) is 23.3 Å². The average molecular weight is 279 g/mol. The molecule has 3 rings (SSSR count). The minimum Gasteiger partial charge on any atom is -0.355 e. The number of hydrogen-bond acceptors (Lipinski definition) is 4. The van der Waals surface area contributed by atoms with Gasteiger partial charge in [0, 0.05) is 19.0 Å². The summed E-state index contributed by atoms with van der Waals surface area (Å²) in [6.07, 6.45) is 0. The molecule has 0 spiro atoms. The number of rotatable bonds is 3. The minimum atomic E-state index is 0.669. The van der Waals surface area contributed by atoms with Gasteiger partial charge in [-0.25, -0.2) is 4.98 Å². The Bertz CT molecular complexity index is 772. The molecule has 0 aliphatic carbocycles. The summed E-state index contributed by atoms with van der Waals surface area (Å²) in [5.74, 6) is 0.825. The van der Waals surface area contributed by atoms with Crippen LogP contribution < -0.4 is 4.90 Å². The van der Waals surface area contributed by atoms with Crippen molar-refractivity contribution in [3.63, 3.8) is 0 Å². The molecule has 0 N–H and O–H groups in total. The lowest BCUT2D eigenvalue weighted by atomic mass is 10.1. The van der Waals surface area contributed by atoms with Crippen LogP contribution in [-0.4, -0.2) is 12.0 Å². The van der Waals surface area contributed by atoms with Gasteiger partial charge in [0.05, 0.1) is 17.1 Å². The predicted octanol–water partition coefficient (Wildman–Crippen LogP) is 3.80. The van der Waals surface area contributed by atoms with Gasteiger partial charge in [-0.2, -0.15) is 16.6 Å².